The zero-order valence-electron chi connectivity index (χ0n) is 13.4. The van der Waals surface area contributed by atoms with Crippen LogP contribution in [0.3, 0.4) is 0 Å². The molecule has 2 unspecified atom stereocenters. The number of nitrogens with zero attached hydrogens (tertiary/aromatic N) is 1. The van der Waals surface area contributed by atoms with Crippen LogP contribution in [0.1, 0.15) is 35.2 Å². The first-order valence-corrected chi connectivity index (χ1v) is 8.28. The van der Waals surface area contributed by atoms with Gasteiger partial charge < -0.3 is 5.73 Å². The molecule has 120 valence electrons. The Morgan fingerprint density at radius 3 is 1.54 bits per heavy atom. The molecule has 0 radical (unpaired) electrons. The summed E-state index contributed by atoms with van der Waals surface area (Å²) < 4.78 is 0. The van der Waals surface area contributed by atoms with Gasteiger partial charge in [-0.25, -0.2) is 4.90 Å². The monoisotopic (exact) mass is 315 g/mol. The van der Waals surface area contributed by atoms with Crippen molar-refractivity contribution in [1.82, 2.24) is 10.2 Å². The highest BCUT2D eigenvalue weighted by Crippen LogP contribution is 2.42. The van der Waals surface area contributed by atoms with Gasteiger partial charge in [-0.15, -0.1) is 0 Å². The molecule has 3 heteroatoms. The van der Waals surface area contributed by atoms with Crippen molar-refractivity contribution in [1.29, 1.82) is 0 Å². The van der Waals surface area contributed by atoms with Crippen LogP contribution in [0.2, 0.25) is 0 Å². The van der Waals surface area contributed by atoms with Gasteiger partial charge in [-0.2, -0.15) is 0 Å². The Labute approximate surface area is 142 Å². The number of nitrogens with two attached hydrogens (primary N) is 1. The standard InChI is InChI=1S/C21H21N3/c22-19(16-10-4-1-5-11-16)24-20(17-12-6-2-7-13-17)23-21(24)18-14-8-3-9-15-18/h1-15,19-21,23H,22H2/t19?,20-,21?/m0/s1. The van der Waals surface area contributed by atoms with Crippen molar-refractivity contribution in [2.75, 3.05) is 0 Å². The van der Waals surface area contributed by atoms with Crippen molar-refractivity contribution in [3.05, 3.63) is 108 Å². The molecule has 1 aliphatic heterocycles. The van der Waals surface area contributed by atoms with E-state index in [9.17, 15) is 0 Å². The predicted octanol–water partition coefficient (Wildman–Crippen LogP) is 3.95. The minimum absolute atomic E-state index is 0.117. The van der Waals surface area contributed by atoms with Gasteiger partial charge in [-0.3, -0.25) is 5.32 Å². The van der Waals surface area contributed by atoms with Crippen molar-refractivity contribution >= 4 is 0 Å². The van der Waals surface area contributed by atoms with Crippen LogP contribution >= 0.6 is 0 Å². The maximum atomic E-state index is 6.64. The third-order valence-electron chi connectivity index (χ3n) is 4.60. The average molecular weight is 315 g/mol. The van der Waals surface area contributed by atoms with Crippen LogP contribution in [0.5, 0.6) is 0 Å². The SMILES string of the molecule is NC(c1ccccc1)N1C(c2ccccc2)N[C@@H]1c1ccccc1. The van der Waals surface area contributed by atoms with Crippen LogP contribution in [0.25, 0.3) is 0 Å². The molecule has 1 fully saturated rings. The summed E-state index contributed by atoms with van der Waals surface area (Å²) in [6.07, 6.45) is 0.0705. The molecule has 0 aromatic heterocycles. The fourth-order valence-electron chi connectivity index (χ4n) is 3.34. The molecule has 24 heavy (non-hydrogen) atoms. The molecular weight excluding hydrogens is 294 g/mol. The topological polar surface area (TPSA) is 41.3 Å². The van der Waals surface area contributed by atoms with Crippen LogP contribution in [-0.4, -0.2) is 4.90 Å². The molecule has 3 atom stereocenters. The summed E-state index contributed by atoms with van der Waals surface area (Å²) >= 11 is 0. The number of benzene rings is 3. The molecule has 0 amide bonds. The smallest absolute Gasteiger partial charge is 0.0906 e. The second-order valence-electron chi connectivity index (χ2n) is 6.10. The average Bonchev–Trinajstić information content (AvgIpc) is 2.63. The van der Waals surface area contributed by atoms with Crippen molar-refractivity contribution in [2.45, 2.75) is 18.5 Å². The quantitative estimate of drug-likeness (QED) is 0.766. The molecule has 0 bridgehead atoms. The highest BCUT2D eigenvalue weighted by molar-refractivity contribution is 5.29. The molecule has 3 N–H and O–H groups in total. The first-order chi connectivity index (χ1) is 11.8. The van der Waals surface area contributed by atoms with E-state index in [2.05, 4.69) is 70.9 Å². The zero-order valence-corrected chi connectivity index (χ0v) is 13.4. The lowest BCUT2D eigenvalue weighted by Crippen LogP contribution is -2.60. The first kappa shape index (κ1) is 15.1. The largest absolute Gasteiger partial charge is 0.312 e. The van der Waals surface area contributed by atoms with Crippen LogP contribution in [-0.2, 0) is 0 Å². The van der Waals surface area contributed by atoms with Gasteiger partial charge in [-0.1, -0.05) is 91.0 Å². The van der Waals surface area contributed by atoms with E-state index in [1.54, 1.807) is 0 Å². The highest BCUT2D eigenvalue weighted by Gasteiger charge is 2.42. The van der Waals surface area contributed by atoms with Gasteiger partial charge in [-0.05, 0) is 16.7 Å². The number of nitrogens with one attached hydrogen (secondary N) is 1. The van der Waals surface area contributed by atoms with E-state index in [-0.39, 0.29) is 18.5 Å². The van der Waals surface area contributed by atoms with Crippen molar-refractivity contribution in [3.63, 3.8) is 0 Å². The van der Waals surface area contributed by atoms with Gasteiger partial charge in [0.1, 0.15) is 0 Å². The van der Waals surface area contributed by atoms with Gasteiger partial charge in [0.05, 0.1) is 18.5 Å². The Bertz CT molecular complexity index is 671. The summed E-state index contributed by atoms with van der Waals surface area (Å²) in [5.74, 6) is 0. The van der Waals surface area contributed by atoms with E-state index in [1.807, 2.05) is 30.3 Å². The van der Waals surface area contributed by atoms with E-state index >= 15 is 0 Å². The van der Waals surface area contributed by atoms with Gasteiger partial charge in [0.25, 0.3) is 0 Å². The maximum absolute atomic E-state index is 6.64. The lowest BCUT2D eigenvalue weighted by atomic mass is 9.98. The fourth-order valence-corrected chi connectivity index (χ4v) is 3.34. The summed E-state index contributed by atoms with van der Waals surface area (Å²) in [6.45, 7) is 0. The van der Waals surface area contributed by atoms with Crippen molar-refractivity contribution in [2.24, 2.45) is 5.73 Å². The lowest BCUT2D eigenvalue weighted by Gasteiger charge is -2.53. The van der Waals surface area contributed by atoms with E-state index < -0.39 is 0 Å². The summed E-state index contributed by atoms with van der Waals surface area (Å²) in [5.41, 5.74) is 10.2. The Morgan fingerprint density at radius 2 is 1.08 bits per heavy atom. The first-order valence-electron chi connectivity index (χ1n) is 8.28. The van der Waals surface area contributed by atoms with Crippen molar-refractivity contribution < 1.29 is 0 Å². The van der Waals surface area contributed by atoms with E-state index in [0.29, 0.717) is 0 Å². The summed E-state index contributed by atoms with van der Waals surface area (Å²) in [7, 11) is 0. The van der Waals surface area contributed by atoms with Gasteiger partial charge >= 0.3 is 0 Å². The molecule has 3 aromatic rings. The molecular formula is C21H21N3. The second-order valence-corrected chi connectivity index (χ2v) is 6.10. The van der Waals surface area contributed by atoms with Crippen LogP contribution in [0, 0.1) is 0 Å². The normalized spacial score (nSPS) is 21.9. The molecule has 3 nitrogen and oxygen atoms in total. The maximum Gasteiger partial charge on any atom is 0.0906 e. The number of hydrogen-bond acceptors (Lipinski definition) is 3. The van der Waals surface area contributed by atoms with E-state index in [1.165, 1.54) is 11.1 Å². The molecule has 0 aliphatic carbocycles. The third-order valence-corrected chi connectivity index (χ3v) is 4.60. The number of hydrogen-bond donors (Lipinski definition) is 2. The minimum atomic E-state index is -0.164. The minimum Gasteiger partial charge on any atom is -0.312 e. The Balaban J connectivity index is 1.68. The second kappa shape index (κ2) is 6.57. The summed E-state index contributed by atoms with van der Waals surface area (Å²) in [5, 5.41) is 3.66. The van der Waals surface area contributed by atoms with Crippen LogP contribution in [0.15, 0.2) is 91.0 Å². The Kier molecular flexibility index (Phi) is 4.13. The molecule has 3 aromatic carbocycles. The highest BCUT2D eigenvalue weighted by atomic mass is 15.5. The van der Waals surface area contributed by atoms with Crippen LogP contribution in [0.4, 0.5) is 0 Å². The van der Waals surface area contributed by atoms with Gasteiger partial charge in [0, 0.05) is 0 Å². The van der Waals surface area contributed by atoms with Crippen LogP contribution < -0.4 is 11.1 Å². The van der Waals surface area contributed by atoms with Gasteiger partial charge in [0.15, 0.2) is 0 Å². The Hall–Kier alpha value is -2.46. The molecule has 4 rings (SSSR count). The van der Waals surface area contributed by atoms with Crippen molar-refractivity contribution in [3.8, 4) is 0 Å². The van der Waals surface area contributed by atoms with E-state index in [4.69, 9.17) is 5.73 Å². The molecule has 1 saturated heterocycles. The Morgan fingerprint density at radius 1 is 0.667 bits per heavy atom. The number of rotatable bonds is 4. The predicted molar refractivity (Wildman–Crippen MR) is 96.7 cm³/mol. The van der Waals surface area contributed by atoms with Gasteiger partial charge in [0.2, 0.25) is 0 Å². The van der Waals surface area contributed by atoms with E-state index in [0.717, 1.165) is 5.56 Å². The third kappa shape index (κ3) is 2.74. The fraction of sp³-hybridized carbons (Fsp3) is 0.143. The molecule has 1 aliphatic rings. The molecule has 0 spiro atoms. The zero-order chi connectivity index (χ0) is 16.4. The summed E-state index contributed by atoms with van der Waals surface area (Å²) in [6, 6.07) is 31.2. The molecule has 0 saturated carbocycles. The lowest BCUT2D eigenvalue weighted by molar-refractivity contribution is -0.0687. The summed E-state index contributed by atoms with van der Waals surface area (Å²) in [4.78, 5) is 2.33. The molecule has 1 heterocycles.